The molecular weight excluding hydrogens is 250 g/mol. The molecule has 108 valence electrons. The third kappa shape index (κ3) is 3.65. The molecule has 0 aromatic heterocycles. The summed E-state index contributed by atoms with van der Waals surface area (Å²) in [5.74, 6) is -0.213. The molecule has 19 heavy (non-hydrogen) atoms. The van der Waals surface area contributed by atoms with Crippen LogP contribution in [0.5, 0.6) is 0 Å². The molecule has 0 spiro atoms. The minimum Gasteiger partial charge on any atom is -0.388 e. The lowest BCUT2D eigenvalue weighted by Crippen LogP contribution is -2.59. The van der Waals surface area contributed by atoms with Crippen LogP contribution < -0.4 is 10.6 Å². The highest BCUT2D eigenvalue weighted by atomic mass is 16.5. The number of carbonyl (C=O) groups is 2. The Morgan fingerprint density at radius 1 is 1.53 bits per heavy atom. The molecule has 2 aliphatic rings. The van der Waals surface area contributed by atoms with Gasteiger partial charge in [-0.25, -0.2) is 0 Å². The van der Waals surface area contributed by atoms with Crippen molar-refractivity contribution in [2.45, 2.75) is 24.5 Å². The summed E-state index contributed by atoms with van der Waals surface area (Å²) in [4.78, 5) is 24.7. The lowest BCUT2D eigenvalue weighted by molar-refractivity contribution is -0.140. The molecule has 2 aliphatic heterocycles. The van der Waals surface area contributed by atoms with E-state index in [1.54, 1.807) is 7.05 Å². The van der Waals surface area contributed by atoms with Gasteiger partial charge in [0.05, 0.1) is 12.1 Å². The predicted molar refractivity (Wildman–Crippen MR) is 67.4 cm³/mol. The number of likely N-dealkylation sites (N-methyl/N-ethyl adjacent to an activating group) is 1. The Bertz CT molecular complexity index is 345. The number of nitrogens with one attached hydrogen (secondary N) is 2. The lowest BCUT2D eigenvalue weighted by Gasteiger charge is -2.37. The number of aliphatic hydroxyl groups is 1. The number of hydrogen-bond acceptors (Lipinski definition) is 5. The molecule has 7 nitrogen and oxygen atoms in total. The second-order valence-corrected chi connectivity index (χ2v) is 5.27. The smallest absolute Gasteiger partial charge is 0.241 e. The van der Waals surface area contributed by atoms with E-state index in [-0.39, 0.29) is 18.4 Å². The molecule has 0 aromatic rings. The molecule has 0 bridgehead atoms. The zero-order valence-corrected chi connectivity index (χ0v) is 11.1. The molecule has 1 unspecified atom stereocenters. The van der Waals surface area contributed by atoms with Crippen LogP contribution in [-0.2, 0) is 14.3 Å². The monoisotopic (exact) mass is 271 g/mol. The summed E-state index contributed by atoms with van der Waals surface area (Å²) in [6.45, 7) is 1.79. The quantitative estimate of drug-likeness (QED) is 0.556. The summed E-state index contributed by atoms with van der Waals surface area (Å²) >= 11 is 0. The number of amides is 2. The summed E-state index contributed by atoms with van der Waals surface area (Å²) < 4.78 is 5.21. The molecule has 2 fully saturated rings. The van der Waals surface area contributed by atoms with Gasteiger partial charge in [-0.15, -0.1) is 0 Å². The standard InChI is InChI=1S/C12H21N3O4/c1-15(8-12(18)2-4-19-5-3-12)11(17)9-6-14-10(16)7-13-9/h9,13,18H,2-8H2,1H3,(H,14,16). The van der Waals surface area contributed by atoms with E-state index in [4.69, 9.17) is 4.74 Å². The Labute approximate surface area is 112 Å². The van der Waals surface area contributed by atoms with Crippen LogP contribution in [0, 0.1) is 0 Å². The summed E-state index contributed by atoms with van der Waals surface area (Å²) in [5, 5.41) is 15.9. The van der Waals surface area contributed by atoms with Crippen LogP contribution in [-0.4, -0.2) is 73.4 Å². The van der Waals surface area contributed by atoms with E-state index in [9.17, 15) is 14.7 Å². The second kappa shape index (κ2) is 5.85. The van der Waals surface area contributed by atoms with Gasteiger partial charge in [-0.05, 0) is 0 Å². The van der Waals surface area contributed by atoms with Gasteiger partial charge in [-0.3, -0.25) is 14.9 Å². The van der Waals surface area contributed by atoms with Crippen LogP contribution in [0.4, 0.5) is 0 Å². The van der Waals surface area contributed by atoms with E-state index in [1.165, 1.54) is 4.90 Å². The summed E-state index contributed by atoms with van der Waals surface area (Å²) in [6.07, 6.45) is 1.08. The molecule has 2 rings (SSSR count). The fourth-order valence-corrected chi connectivity index (χ4v) is 2.44. The first-order valence-corrected chi connectivity index (χ1v) is 6.55. The van der Waals surface area contributed by atoms with Crippen molar-refractivity contribution in [1.29, 1.82) is 0 Å². The van der Waals surface area contributed by atoms with Crippen molar-refractivity contribution in [1.82, 2.24) is 15.5 Å². The molecule has 0 aliphatic carbocycles. The molecule has 3 N–H and O–H groups in total. The maximum atomic E-state index is 12.2. The van der Waals surface area contributed by atoms with Crippen molar-refractivity contribution in [3.8, 4) is 0 Å². The van der Waals surface area contributed by atoms with Crippen molar-refractivity contribution in [3.63, 3.8) is 0 Å². The van der Waals surface area contributed by atoms with E-state index in [2.05, 4.69) is 10.6 Å². The Morgan fingerprint density at radius 3 is 2.79 bits per heavy atom. The normalized spacial score (nSPS) is 26.6. The highest BCUT2D eigenvalue weighted by Crippen LogP contribution is 2.21. The van der Waals surface area contributed by atoms with Gasteiger partial charge in [0.15, 0.2) is 0 Å². The van der Waals surface area contributed by atoms with Crippen LogP contribution in [0.25, 0.3) is 0 Å². The van der Waals surface area contributed by atoms with Gasteiger partial charge in [0.25, 0.3) is 0 Å². The van der Waals surface area contributed by atoms with Crippen LogP contribution in [0.3, 0.4) is 0 Å². The Kier molecular flexibility index (Phi) is 4.38. The first-order valence-electron chi connectivity index (χ1n) is 6.55. The van der Waals surface area contributed by atoms with E-state index in [1.807, 2.05) is 0 Å². The van der Waals surface area contributed by atoms with E-state index < -0.39 is 11.6 Å². The maximum absolute atomic E-state index is 12.2. The summed E-state index contributed by atoms with van der Waals surface area (Å²) in [7, 11) is 1.67. The SMILES string of the molecule is CN(CC1(O)CCOCC1)C(=O)C1CNC(=O)CN1. The van der Waals surface area contributed by atoms with Gasteiger partial charge >= 0.3 is 0 Å². The lowest BCUT2D eigenvalue weighted by atomic mass is 9.93. The van der Waals surface area contributed by atoms with Crippen molar-refractivity contribution in [2.75, 3.05) is 39.9 Å². The maximum Gasteiger partial charge on any atom is 0.241 e. The van der Waals surface area contributed by atoms with Gasteiger partial charge in [0.1, 0.15) is 6.04 Å². The Balaban J connectivity index is 1.86. The molecular formula is C12H21N3O4. The average molecular weight is 271 g/mol. The van der Waals surface area contributed by atoms with Gasteiger partial charge in [0.2, 0.25) is 11.8 Å². The minimum atomic E-state index is -0.861. The van der Waals surface area contributed by atoms with Crippen LogP contribution in [0.2, 0.25) is 0 Å². The van der Waals surface area contributed by atoms with Crippen molar-refractivity contribution >= 4 is 11.8 Å². The first kappa shape index (κ1) is 14.2. The molecule has 0 aromatic carbocycles. The van der Waals surface area contributed by atoms with Crippen LogP contribution in [0.15, 0.2) is 0 Å². The van der Waals surface area contributed by atoms with Crippen LogP contribution >= 0.6 is 0 Å². The van der Waals surface area contributed by atoms with Gasteiger partial charge in [-0.2, -0.15) is 0 Å². The Morgan fingerprint density at radius 2 is 2.21 bits per heavy atom. The van der Waals surface area contributed by atoms with E-state index >= 15 is 0 Å². The number of hydrogen-bond donors (Lipinski definition) is 3. The van der Waals surface area contributed by atoms with Gasteiger partial charge in [0, 0.05) is 46.2 Å². The number of carbonyl (C=O) groups excluding carboxylic acids is 2. The second-order valence-electron chi connectivity index (χ2n) is 5.27. The molecule has 0 radical (unpaired) electrons. The van der Waals surface area contributed by atoms with E-state index in [0.717, 1.165) is 0 Å². The molecule has 1 atom stereocenters. The van der Waals surface area contributed by atoms with Crippen LogP contribution in [0.1, 0.15) is 12.8 Å². The third-order valence-corrected chi connectivity index (χ3v) is 3.64. The van der Waals surface area contributed by atoms with Gasteiger partial charge in [-0.1, -0.05) is 0 Å². The third-order valence-electron chi connectivity index (χ3n) is 3.64. The first-order chi connectivity index (χ1) is 9.00. The Hall–Kier alpha value is -1.18. The molecule has 0 saturated carbocycles. The average Bonchev–Trinajstić information content (AvgIpc) is 2.39. The van der Waals surface area contributed by atoms with Crippen molar-refractivity contribution < 1.29 is 19.4 Å². The number of piperazine rings is 1. The minimum absolute atomic E-state index is 0.102. The number of ether oxygens (including phenoxy) is 1. The van der Waals surface area contributed by atoms with Crippen molar-refractivity contribution in [2.24, 2.45) is 0 Å². The predicted octanol–water partition coefficient (Wildman–Crippen LogP) is -1.93. The molecule has 7 heteroatoms. The zero-order chi connectivity index (χ0) is 13.9. The fourth-order valence-electron chi connectivity index (χ4n) is 2.44. The number of nitrogens with zero attached hydrogens (tertiary/aromatic N) is 1. The summed E-state index contributed by atoms with van der Waals surface area (Å²) in [5.41, 5.74) is -0.861. The van der Waals surface area contributed by atoms with E-state index in [0.29, 0.717) is 39.1 Å². The zero-order valence-electron chi connectivity index (χ0n) is 11.1. The summed E-state index contributed by atoms with van der Waals surface area (Å²) in [6, 6.07) is -0.411. The number of rotatable bonds is 3. The topological polar surface area (TPSA) is 90.9 Å². The molecule has 2 saturated heterocycles. The van der Waals surface area contributed by atoms with Gasteiger partial charge < -0.3 is 20.1 Å². The molecule has 2 amide bonds. The highest BCUT2D eigenvalue weighted by molar-refractivity contribution is 5.86. The molecule has 2 heterocycles. The largest absolute Gasteiger partial charge is 0.388 e. The van der Waals surface area contributed by atoms with Crippen molar-refractivity contribution in [3.05, 3.63) is 0 Å². The highest BCUT2D eigenvalue weighted by Gasteiger charge is 2.34. The fraction of sp³-hybridized carbons (Fsp3) is 0.833.